The first-order valence-electron chi connectivity index (χ1n) is 8.50. The highest BCUT2D eigenvalue weighted by molar-refractivity contribution is 5.22. The van der Waals surface area contributed by atoms with Crippen LogP contribution in [0.25, 0.3) is 0 Å². The van der Waals surface area contributed by atoms with Crippen LogP contribution in [-0.4, -0.2) is 17.6 Å². The van der Waals surface area contributed by atoms with Crippen molar-refractivity contribution in [3.05, 3.63) is 24.0 Å². The third-order valence-electron chi connectivity index (χ3n) is 4.83. The maximum Gasteiger partial charge on any atom is 0.138 e. The van der Waals surface area contributed by atoms with Gasteiger partial charge in [-0.05, 0) is 56.2 Å². The molecule has 1 aliphatic carbocycles. The Morgan fingerprint density at radius 2 is 2.05 bits per heavy atom. The molecule has 118 valence electrons. The predicted octanol–water partition coefficient (Wildman–Crippen LogP) is 4.35. The highest BCUT2D eigenvalue weighted by Crippen LogP contribution is 2.31. The molecule has 4 atom stereocenters. The SMILES string of the molecule is CCNC(CC)c1ccc(OC2CCC(C)C(C)C2)cn1. The van der Waals surface area contributed by atoms with Gasteiger partial charge in [0.1, 0.15) is 5.75 Å². The first-order valence-corrected chi connectivity index (χ1v) is 8.50. The molecule has 0 radical (unpaired) electrons. The lowest BCUT2D eigenvalue weighted by atomic mass is 9.80. The summed E-state index contributed by atoms with van der Waals surface area (Å²) in [6, 6.07) is 4.52. The molecule has 0 amide bonds. The zero-order valence-corrected chi connectivity index (χ0v) is 13.9. The molecule has 1 fully saturated rings. The average Bonchev–Trinajstić information content (AvgIpc) is 2.49. The Kier molecular flexibility index (Phi) is 6.04. The highest BCUT2D eigenvalue weighted by Gasteiger charge is 2.25. The van der Waals surface area contributed by atoms with Crippen LogP contribution in [0.3, 0.4) is 0 Å². The first-order chi connectivity index (χ1) is 10.1. The predicted molar refractivity (Wildman–Crippen MR) is 87.5 cm³/mol. The van der Waals surface area contributed by atoms with Crippen LogP contribution in [0.5, 0.6) is 5.75 Å². The van der Waals surface area contributed by atoms with Crippen molar-refractivity contribution in [3.8, 4) is 5.75 Å². The second-order valence-electron chi connectivity index (χ2n) is 6.44. The molecule has 3 heteroatoms. The standard InChI is InChI=1S/C18H30N2O/c1-5-17(19-6-2)18-10-9-16(12-20-18)21-15-8-7-13(3)14(4)11-15/h9-10,12-15,17,19H,5-8,11H2,1-4H3. The van der Waals surface area contributed by atoms with Crippen LogP contribution in [-0.2, 0) is 0 Å². The van der Waals surface area contributed by atoms with E-state index in [0.717, 1.165) is 42.7 Å². The van der Waals surface area contributed by atoms with Crippen molar-refractivity contribution in [2.75, 3.05) is 6.54 Å². The largest absolute Gasteiger partial charge is 0.489 e. The van der Waals surface area contributed by atoms with Crippen LogP contribution in [0.2, 0.25) is 0 Å². The van der Waals surface area contributed by atoms with Crippen molar-refractivity contribution in [2.24, 2.45) is 11.8 Å². The van der Waals surface area contributed by atoms with Gasteiger partial charge in [0, 0.05) is 6.04 Å². The summed E-state index contributed by atoms with van der Waals surface area (Å²) in [5, 5.41) is 3.46. The van der Waals surface area contributed by atoms with Crippen LogP contribution in [0.4, 0.5) is 0 Å². The Morgan fingerprint density at radius 1 is 1.24 bits per heavy atom. The molecule has 21 heavy (non-hydrogen) atoms. The van der Waals surface area contributed by atoms with E-state index in [1.54, 1.807) is 0 Å². The third kappa shape index (κ3) is 4.44. The Balaban J connectivity index is 1.93. The smallest absolute Gasteiger partial charge is 0.138 e. The molecule has 1 aliphatic rings. The number of ether oxygens (including phenoxy) is 1. The Bertz CT molecular complexity index is 418. The summed E-state index contributed by atoms with van der Waals surface area (Å²) in [5.41, 5.74) is 1.11. The second-order valence-corrected chi connectivity index (χ2v) is 6.44. The van der Waals surface area contributed by atoms with Gasteiger partial charge >= 0.3 is 0 Å². The summed E-state index contributed by atoms with van der Waals surface area (Å²) >= 11 is 0. The minimum atomic E-state index is 0.347. The zero-order valence-electron chi connectivity index (χ0n) is 13.9. The first kappa shape index (κ1) is 16.3. The Morgan fingerprint density at radius 3 is 2.62 bits per heavy atom. The minimum absolute atomic E-state index is 0.347. The fraction of sp³-hybridized carbons (Fsp3) is 0.722. The van der Waals surface area contributed by atoms with Gasteiger partial charge in [-0.2, -0.15) is 0 Å². The maximum absolute atomic E-state index is 6.12. The topological polar surface area (TPSA) is 34.1 Å². The van der Waals surface area contributed by atoms with Crippen LogP contribution >= 0.6 is 0 Å². The number of aromatic nitrogens is 1. The molecule has 2 rings (SSSR count). The second kappa shape index (κ2) is 7.79. The van der Waals surface area contributed by atoms with Crippen molar-refractivity contribution in [1.82, 2.24) is 10.3 Å². The number of pyridine rings is 1. The van der Waals surface area contributed by atoms with Crippen LogP contribution < -0.4 is 10.1 Å². The van der Waals surface area contributed by atoms with Crippen molar-refractivity contribution in [1.29, 1.82) is 0 Å². The van der Waals surface area contributed by atoms with E-state index in [0.29, 0.717) is 12.1 Å². The van der Waals surface area contributed by atoms with Crippen molar-refractivity contribution in [2.45, 2.75) is 65.5 Å². The summed E-state index contributed by atoms with van der Waals surface area (Å²) in [6.07, 6.45) is 6.91. The molecule has 0 aromatic carbocycles. The molecule has 1 N–H and O–H groups in total. The molecule has 0 saturated heterocycles. The Labute approximate surface area is 129 Å². The van der Waals surface area contributed by atoms with Gasteiger partial charge in [0.15, 0.2) is 0 Å². The average molecular weight is 290 g/mol. The van der Waals surface area contributed by atoms with Crippen molar-refractivity contribution >= 4 is 0 Å². The van der Waals surface area contributed by atoms with E-state index in [-0.39, 0.29) is 0 Å². The van der Waals surface area contributed by atoms with E-state index in [2.05, 4.69) is 50.1 Å². The van der Waals surface area contributed by atoms with Gasteiger partial charge < -0.3 is 10.1 Å². The van der Waals surface area contributed by atoms with Crippen molar-refractivity contribution < 1.29 is 4.74 Å². The summed E-state index contributed by atoms with van der Waals surface area (Å²) in [7, 11) is 0. The molecular formula is C18H30N2O. The van der Waals surface area contributed by atoms with Crippen LogP contribution in [0, 0.1) is 11.8 Å². The molecule has 1 aromatic heterocycles. The summed E-state index contributed by atoms with van der Waals surface area (Å²) < 4.78 is 6.12. The lowest BCUT2D eigenvalue weighted by Crippen LogP contribution is -2.28. The number of nitrogens with one attached hydrogen (secondary N) is 1. The molecule has 0 bridgehead atoms. The van der Waals surface area contributed by atoms with Gasteiger partial charge in [0.05, 0.1) is 18.0 Å². The van der Waals surface area contributed by atoms with E-state index < -0.39 is 0 Å². The Hall–Kier alpha value is -1.09. The van der Waals surface area contributed by atoms with Crippen LogP contribution in [0.1, 0.15) is 65.1 Å². The molecule has 1 aromatic rings. The monoisotopic (exact) mass is 290 g/mol. The van der Waals surface area contributed by atoms with Gasteiger partial charge in [-0.3, -0.25) is 4.98 Å². The molecule has 3 nitrogen and oxygen atoms in total. The van der Waals surface area contributed by atoms with E-state index >= 15 is 0 Å². The number of nitrogens with zero attached hydrogens (tertiary/aromatic N) is 1. The summed E-state index contributed by atoms with van der Waals surface area (Å²) in [4.78, 5) is 4.58. The summed E-state index contributed by atoms with van der Waals surface area (Å²) in [6.45, 7) is 9.97. The fourth-order valence-corrected chi connectivity index (χ4v) is 3.17. The summed E-state index contributed by atoms with van der Waals surface area (Å²) in [5.74, 6) is 2.50. The lowest BCUT2D eigenvalue weighted by molar-refractivity contribution is 0.100. The molecule has 4 unspecified atom stereocenters. The lowest BCUT2D eigenvalue weighted by Gasteiger charge is -2.32. The zero-order chi connectivity index (χ0) is 15.2. The maximum atomic E-state index is 6.12. The molecule has 1 saturated carbocycles. The number of hydrogen-bond acceptors (Lipinski definition) is 3. The minimum Gasteiger partial charge on any atom is -0.489 e. The number of rotatable bonds is 6. The fourth-order valence-electron chi connectivity index (χ4n) is 3.17. The van der Waals surface area contributed by atoms with Gasteiger partial charge in [0.2, 0.25) is 0 Å². The van der Waals surface area contributed by atoms with E-state index in [1.807, 2.05) is 6.20 Å². The van der Waals surface area contributed by atoms with Crippen LogP contribution in [0.15, 0.2) is 18.3 Å². The number of hydrogen-bond donors (Lipinski definition) is 1. The molecule has 0 spiro atoms. The normalized spacial score (nSPS) is 27.3. The highest BCUT2D eigenvalue weighted by atomic mass is 16.5. The quantitative estimate of drug-likeness (QED) is 0.846. The molecule has 1 heterocycles. The molecule has 0 aliphatic heterocycles. The van der Waals surface area contributed by atoms with Gasteiger partial charge in [0.25, 0.3) is 0 Å². The van der Waals surface area contributed by atoms with E-state index in [1.165, 1.54) is 12.8 Å². The van der Waals surface area contributed by atoms with E-state index in [4.69, 9.17) is 4.74 Å². The van der Waals surface area contributed by atoms with Gasteiger partial charge in [-0.1, -0.05) is 27.7 Å². The van der Waals surface area contributed by atoms with E-state index in [9.17, 15) is 0 Å². The third-order valence-corrected chi connectivity index (χ3v) is 4.83. The molecular weight excluding hydrogens is 260 g/mol. The van der Waals surface area contributed by atoms with Gasteiger partial charge in [-0.25, -0.2) is 0 Å². The van der Waals surface area contributed by atoms with Crippen molar-refractivity contribution in [3.63, 3.8) is 0 Å². The van der Waals surface area contributed by atoms with Gasteiger partial charge in [-0.15, -0.1) is 0 Å².